The van der Waals surface area contributed by atoms with Crippen molar-refractivity contribution in [3.63, 3.8) is 0 Å². The number of hydrogen-bond acceptors (Lipinski definition) is 3. The SMILES string of the molecule is O=C(NCc1csc2ccc(F)cc12)C(=O)N1CC=C(c2ccccc2)C1. The molecule has 0 saturated heterocycles. The Hall–Kier alpha value is -2.99. The number of hydrogen-bond donors (Lipinski definition) is 1. The Bertz CT molecular complexity index is 1040. The molecule has 4 nitrogen and oxygen atoms in total. The van der Waals surface area contributed by atoms with Crippen LogP contribution in [0.25, 0.3) is 15.7 Å². The zero-order valence-electron chi connectivity index (χ0n) is 14.4. The van der Waals surface area contributed by atoms with Gasteiger partial charge < -0.3 is 10.2 Å². The average molecular weight is 380 g/mol. The second-order valence-corrected chi connectivity index (χ2v) is 7.28. The molecule has 2 amide bonds. The summed E-state index contributed by atoms with van der Waals surface area (Å²) in [5, 5.41) is 5.30. The number of nitrogens with zero attached hydrogens (tertiary/aromatic N) is 1. The maximum absolute atomic E-state index is 13.5. The molecule has 0 bridgehead atoms. The third-order valence-corrected chi connectivity index (χ3v) is 5.61. The molecule has 0 unspecified atom stereocenters. The smallest absolute Gasteiger partial charge is 0.312 e. The zero-order valence-corrected chi connectivity index (χ0v) is 15.3. The van der Waals surface area contributed by atoms with Crippen LogP contribution >= 0.6 is 11.3 Å². The number of nitrogens with one attached hydrogen (secondary N) is 1. The molecule has 0 aliphatic carbocycles. The molecule has 2 aromatic carbocycles. The van der Waals surface area contributed by atoms with Crippen molar-refractivity contribution in [1.29, 1.82) is 0 Å². The van der Waals surface area contributed by atoms with E-state index in [0.717, 1.165) is 26.8 Å². The first-order valence-corrected chi connectivity index (χ1v) is 9.47. The first kappa shape index (κ1) is 17.4. The van der Waals surface area contributed by atoms with E-state index in [9.17, 15) is 14.0 Å². The van der Waals surface area contributed by atoms with Gasteiger partial charge in [0.05, 0.1) is 0 Å². The molecule has 0 radical (unpaired) electrons. The van der Waals surface area contributed by atoms with E-state index in [0.29, 0.717) is 13.1 Å². The molecule has 3 aromatic rings. The molecule has 0 saturated carbocycles. The molecule has 0 atom stereocenters. The van der Waals surface area contributed by atoms with Gasteiger partial charge >= 0.3 is 11.8 Å². The minimum atomic E-state index is -0.645. The summed E-state index contributed by atoms with van der Waals surface area (Å²) in [5.41, 5.74) is 2.90. The van der Waals surface area contributed by atoms with Crippen LogP contribution in [0.1, 0.15) is 11.1 Å². The van der Waals surface area contributed by atoms with Crippen molar-refractivity contribution in [1.82, 2.24) is 10.2 Å². The van der Waals surface area contributed by atoms with Crippen LogP contribution in [-0.2, 0) is 16.1 Å². The van der Waals surface area contributed by atoms with E-state index in [1.165, 1.54) is 28.4 Å². The lowest BCUT2D eigenvalue weighted by Crippen LogP contribution is -2.41. The first-order valence-electron chi connectivity index (χ1n) is 8.59. The predicted molar refractivity (Wildman–Crippen MR) is 105 cm³/mol. The van der Waals surface area contributed by atoms with Gasteiger partial charge in [-0.25, -0.2) is 4.39 Å². The number of fused-ring (bicyclic) bond motifs is 1. The minimum Gasteiger partial charge on any atom is -0.344 e. The Balaban J connectivity index is 1.37. The van der Waals surface area contributed by atoms with Crippen LogP contribution in [0.2, 0.25) is 0 Å². The maximum atomic E-state index is 13.5. The van der Waals surface area contributed by atoms with Gasteiger partial charge in [0.1, 0.15) is 5.82 Å². The topological polar surface area (TPSA) is 49.4 Å². The molecule has 1 N–H and O–H groups in total. The number of carbonyl (C=O) groups excluding carboxylic acids is 2. The van der Waals surface area contributed by atoms with E-state index in [2.05, 4.69) is 5.32 Å². The summed E-state index contributed by atoms with van der Waals surface area (Å²) in [6.07, 6.45) is 1.97. The van der Waals surface area contributed by atoms with Gasteiger partial charge in [0, 0.05) is 29.7 Å². The maximum Gasteiger partial charge on any atom is 0.312 e. The lowest BCUT2D eigenvalue weighted by atomic mass is 10.1. The summed E-state index contributed by atoms with van der Waals surface area (Å²) >= 11 is 1.48. The molecule has 4 rings (SSSR count). The third kappa shape index (κ3) is 3.61. The first-order chi connectivity index (χ1) is 13.1. The Morgan fingerprint density at radius 2 is 1.96 bits per heavy atom. The van der Waals surface area contributed by atoms with Gasteiger partial charge in [0.15, 0.2) is 0 Å². The molecule has 1 aliphatic heterocycles. The molecule has 0 spiro atoms. The molecule has 136 valence electrons. The zero-order chi connectivity index (χ0) is 18.8. The normalized spacial score (nSPS) is 13.7. The summed E-state index contributed by atoms with van der Waals surface area (Å²) in [6, 6.07) is 14.4. The monoisotopic (exact) mass is 380 g/mol. The highest BCUT2D eigenvalue weighted by Crippen LogP contribution is 2.26. The number of thiophene rings is 1. The van der Waals surface area contributed by atoms with Gasteiger partial charge in [0.25, 0.3) is 0 Å². The van der Waals surface area contributed by atoms with Crippen LogP contribution in [0.15, 0.2) is 60.0 Å². The number of benzene rings is 2. The largest absolute Gasteiger partial charge is 0.344 e. The van der Waals surface area contributed by atoms with E-state index in [-0.39, 0.29) is 12.4 Å². The molecule has 6 heteroatoms. The Morgan fingerprint density at radius 3 is 2.78 bits per heavy atom. The second-order valence-electron chi connectivity index (χ2n) is 6.37. The average Bonchev–Trinajstić information content (AvgIpc) is 3.33. The number of amides is 2. The van der Waals surface area contributed by atoms with Gasteiger partial charge in [-0.2, -0.15) is 0 Å². The Morgan fingerprint density at radius 1 is 1.15 bits per heavy atom. The Labute approximate surface area is 159 Å². The number of carbonyl (C=O) groups is 2. The second kappa shape index (κ2) is 7.32. The standard InChI is InChI=1S/C21H17FN2O2S/c22-17-6-7-19-18(10-17)16(13-27-19)11-23-20(25)21(26)24-9-8-15(12-24)14-4-2-1-3-5-14/h1-8,10,13H,9,11-12H2,(H,23,25). The van der Waals surface area contributed by atoms with E-state index in [4.69, 9.17) is 0 Å². The van der Waals surface area contributed by atoms with Crippen molar-refractivity contribution in [3.8, 4) is 0 Å². The van der Waals surface area contributed by atoms with Gasteiger partial charge in [0.2, 0.25) is 0 Å². The lowest BCUT2D eigenvalue weighted by molar-refractivity contribution is -0.145. The van der Waals surface area contributed by atoms with E-state index >= 15 is 0 Å². The van der Waals surface area contributed by atoms with Crippen molar-refractivity contribution in [2.24, 2.45) is 0 Å². The van der Waals surface area contributed by atoms with E-state index in [1.54, 1.807) is 6.07 Å². The summed E-state index contributed by atoms with van der Waals surface area (Å²) in [4.78, 5) is 26.2. The summed E-state index contributed by atoms with van der Waals surface area (Å²) in [5.74, 6) is -1.52. The highest BCUT2D eigenvalue weighted by molar-refractivity contribution is 7.17. The van der Waals surface area contributed by atoms with Crippen molar-refractivity contribution >= 4 is 38.8 Å². The van der Waals surface area contributed by atoms with Crippen molar-refractivity contribution in [3.05, 3.63) is 76.9 Å². The molecule has 0 fully saturated rings. The van der Waals surface area contributed by atoms with E-state index in [1.807, 2.05) is 41.8 Å². The van der Waals surface area contributed by atoms with Crippen LogP contribution in [0.5, 0.6) is 0 Å². The third-order valence-electron chi connectivity index (χ3n) is 4.60. The fraction of sp³-hybridized carbons (Fsp3) is 0.143. The van der Waals surface area contributed by atoms with Crippen LogP contribution in [0, 0.1) is 5.82 Å². The Kier molecular flexibility index (Phi) is 4.73. The minimum absolute atomic E-state index is 0.195. The van der Waals surface area contributed by atoms with Crippen molar-refractivity contribution in [2.75, 3.05) is 13.1 Å². The van der Waals surface area contributed by atoms with Crippen LogP contribution in [0.4, 0.5) is 4.39 Å². The fourth-order valence-corrected chi connectivity index (χ4v) is 4.10. The van der Waals surface area contributed by atoms with Crippen LogP contribution in [-0.4, -0.2) is 29.8 Å². The van der Waals surface area contributed by atoms with Gasteiger partial charge in [-0.05, 0) is 40.3 Å². The molecule has 1 aliphatic rings. The molecule has 2 heterocycles. The van der Waals surface area contributed by atoms with Gasteiger partial charge in [-0.1, -0.05) is 36.4 Å². The van der Waals surface area contributed by atoms with Crippen molar-refractivity contribution < 1.29 is 14.0 Å². The van der Waals surface area contributed by atoms with Gasteiger partial charge in [-0.3, -0.25) is 9.59 Å². The molecular weight excluding hydrogens is 363 g/mol. The van der Waals surface area contributed by atoms with Crippen LogP contribution in [0.3, 0.4) is 0 Å². The fourth-order valence-electron chi connectivity index (χ4n) is 3.16. The summed E-state index contributed by atoms with van der Waals surface area (Å²) in [6.45, 7) is 1.03. The quantitative estimate of drug-likeness (QED) is 0.706. The van der Waals surface area contributed by atoms with Crippen molar-refractivity contribution in [2.45, 2.75) is 6.54 Å². The predicted octanol–water partition coefficient (Wildman–Crippen LogP) is 3.58. The highest BCUT2D eigenvalue weighted by Gasteiger charge is 2.25. The molecule has 1 aromatic heterocycles. The molecule has 27 heavy (non-hydrogen) atoms. The molecular formula is C21H17FN2O2S. The van der Waals surface area contributed by atoms with E-state index < -0.39 is 11.8 Å². The van der Waals surface area contributed by atoms with Crippen LogP contribution < -0.4 is 5.32 Å². The lowest BCUT2D eigenvalue weighted by Gasteiger charge is -2.16. The number of halogens is 1. The van der Waals surface area contributed by atoms with Gasteiger partial charge in [-0.15, -0.1) is 11.3 Å². The highest BCUT2D eigenvalue weighted by atomic mass is 32.1. The summed E-state index contributed by atoms with van der Waals surface area (Å²) in [7, 11) is 0. The number of rotatable bonds is 3. The summed E-state index contributed by atoms with van der Waals surface area (Å²) < 4.78 is 14.4.